The van der Waals surface area contributed by atoms with E-state index in [9.17, 15) is 24.3 Å². The van der Waals surface area contributed by atoms with E-state index in [-0.39, 0.29) is 17.1 Å². The van der Waals surface area contributed by atoms with Crippen LogP contribution in [0.1, 0.15) is 45.7 Å². The molecule has 1 heterocycles. The molecule has 1 aliphatic heterocycles. The zero-order valence-electron chi connectivity index (χ0n) is 17.3. The zero-order chi connectivity index (χ0) is 21.3. The van der Waals surface area contributed by atoms with Gasteiger partial charge in [0.1, 0.15) is 12.0 Å². The van der Waals surface area contributed by atoms with Crippen LogP contribution in [0.15, 0.2) is 23.1 Å². The minimum atomic E-state index is -4.32. The van der Waals surface area contributed by atoms with Gasteiger partial charge in [0, 0.05) is 6.54 Å². The Morgan fingerprint density at radius 1 is 1.21 bits per heavy atom. The van der Waals surface area contributed by atoms with Gasteiger partial charge in [0.2, 0.25) is 0 Å². The Hall–Kier alpha value is -1.27. The summed E-state index contributed by atoms with van der Waals surface area (Å²) in [6.07, 6.45) is 1.32. The minimum Gasteiger partial charge on any atom is -0.508 e. The molecule has 28 heavy (non-hydrogen) atoms. The van der Waals surface area contributed by atoms with Crippen molar-refractivity contribution in [2.75, 3.05) is 30.1 Å². The third-order valence-corrected chi connectivity index (χ3v) is 10.4. The lowest BCUT2D eigenvalue weighted by atomic mass is 9.85. The molecule has 1 saturated heterocycles. The second-order valence-corrected chi connectivity index (χ2v) is 13.9. The van der Waals surface area contributed by atoms with Crippen LogP contribution in [-0.4, -0.2) is 55.8 Å². The van der Waals surface area contributed by atoms with Crippen LogP contribution in [0.25, 0.3) is 6.08 Å². The summed E-state index contributed by atoms with van der Waals surface area (Å²) in [5.74, 6) is 2.40. The van der Waals surface area contributed by atoms with Gasteiger partial charge >= 0.3 is 7.60 Å². The van der Waals surface area contributed by atoms with Gasteiger partial charge in [-0.2, -0.15) is 0 Å². The maximum atomic E-state index is 13.2. The molecule has 0 spiro atoms. The average molecular weight is 430 g/mol. The summed E-state index contributed by atoms with van der Waals surface area (Å²) in [6.45, 7) is 10.6. The Labute approximate surface area is 169 Å². The molecule has 1 aliphatic rings. The fourth-order valence-corrected chi connectivity index (χ4v) is 7.58. The number of nitrogens with zero attached hydrogens (tertiary/aromatic N) is 1. The van der Waals surface area contributed by atoms with Crippen molar-refractivity contribution < 1.29 is 24.3 Å². The van der Waals surface area contributed by atoms with Gasteiger partial charge in [-0.05, 0) is 52.0 Å². The van der Waals surface area contributed by atoms with E-state index in [4.69, 9.17) is 0 Å². The third-order valence-electron chi connectivity index (χ3n) is 5.30. The fourth-order valence-electron chi connectivity index (χ4n) is 3.58. The third kappa shape index (κ3) is 5.01. The summed E-state index contributed by atoms with van der Waals surface area (Å²) in [5.41, 5.74) is 1.37. The molecule has 0 aliphatic carbocycles. The molecule has 1 fully saturated rings. The van der Waals surface area contributed by atoms with E-state index in [0.717, 1.165) is 28.4 Å². The van der Waals surface area contributed by atoms with Gasteiger partial charge < -0.3 is 19.8 Å². The quantitative estimate of drug-likeness (QED) is 0.488. The molecule has 1 amide bonds. The van der Waals surface area contributed by atoms with Crippen LogP contribution in [0.4, 0.5) is 0 Å². The highest BCUT2D eigenvalue weighted by Gasteiger charge is 2.39. The van der Waals surface area contributed by atoms with E-state index in [0.29, 0.717) is 11.4 Å². The van der Waals surface area contributed by atoms with E-state index in [1.54, 1.807) is 12.1 Å². The van der Waals surface area contributed by atoms with Crippen molar-refractivity contribution >= 4 is 29.6 Å². The molecule has 8 heteroatoms. The van der Waals surface area contributed by atoms with Crippen LogP contribution in [0, 0.1) is 0 Å². The molecule has 0 bridgehead atoms. The van der Waals surface area contributed by atoms with Crippen LogP contribution >= 0.6 is 17.6 Å². The highest BCUT2D eigenvalue weighted by molar-refractivity contribution is 8.37. The van der Waals surface area contributed by atoms with Gasteiger partial charge in [-0.25, -0.2) is 10.0 Å². The summed E-state index contributed by atoms with van der Waals surface area (Å²) in [4.78, 5) is 33.8. The number of aromatic hydroxyl groups is 1. The first-order valence-corrected chi connectivity index (χ1v) is 13.4. The number of carbonyl (C=O) groups is 1. The molecule has 0 aromatic heterocycles. The van der Waals surface area contributed by atoms with Crippen LogP contribution in [0.3, 0.4) is 0 Å². The highest BCUT2D eigenvalue weighted by Crippen LogP contribution is 2.58. The fraction of sp³-hybridized carbons (Fsp3) is 0.550. The number of carbonyl (C=O) groups excluding carboxylic acids is 1. The normalized spacial score (nSPS) is 20.5. The standard InChI is InChI=1S/C20H32NO5PS/c1-6-28(7-2)11-10-21(14-27(24,25)26)19(23)18(28)13-15-8-9-17(22)16(12-15)20(3,4)5/h8-9,12-13,22H,6-7,10-11,14H2,1-5H3,(H2,24,25,26)/b18-13+. The van der Waals surface area contributed by atoms with Crippen molar-refractivity contribution in [3.8, 4) is 5.75 Å². The van der Waals surface area contributed by atoms with E-state index in [1.165, 1.54) is 4.90 Å². The Bertz CT molecular complexity index is 820. The van der Waals surface area contributed by atoms with Gasteiger partial charge in [-0.15, -0.1) is 0 Å². The molecule has 0 saturated carbocycles. The SMILES string of the molecule is CCS1(CC)CCN(CP(=O)(O)O)C(=O)/C1=C\c1ccc(O)c(C(C)(C)C)c1. The predicted molar refractivity (Wildman–Crippen MR) is 117 cm³/mol. The van der Waals surface area contributed by atoms with Crippen LogP contribution in [0.2, 0.25) is 0 Å². The molecular formula is C20H32NO5PS. The molecule has 3 N–H and O–H groups in total. The number of benzene rings is 1. The molecule has 6 nitrogen and oxygen atoms in total. The second-order valence-electron chi connectivity index (χ2n) is 8.24. The van der Waals surface area contributed by atoms with Crippen molar-refractivity contribution in [2.24, 2.45) is 0 Å². The summed E-state index contributed by atoms with van der Waals surface area (Å²) >= 11 is 0. The second kappa shape index (κ2) is 8.23. The summed E-state index contributed by atoms with van der Waals surface area (Å²) in [5, 5.41) is 10.2. The number of phenols is 1. The summed E-state index contributed by atoms with van der Waals surface area (Å²) in [6, 6.07) is 5.32. The lowest BCUT2D eigenvalue weighted by molar-refractivity contribution is -0.125. The number of amides is 1. The maximum absolute atomic E-state index is 13.2. The van der Waals surface area contributed by atoms with Gasteiger partial charge in [0.15, 0.2) is 0 Å². The van der Waals surface area contributed by atoms with Gasteiger partial charge in [-0.3, -0.25) is 9.36 Å². The van der Waals surface area contributed by atoms with E-state index in [2.05, 4.69) is 13.8 Å². The molecule has 0 radical (unpaired) electrons. The molecule has 1 aromatic rings. The molecule has 2 rings (SSSR count). The highest BCUT2D eigenvalue weighted by atomic mass is 32.3. The average Bonchev–Trinajstić information content (AvgIpc) is 2.58. The monoisotopic (exact) mass is 429 g/mol. The van der Waals surface area contributed by atoms with Gasteiger partial charge in [-0.1, -0.05) is 40.7 Å². The molecule has 1 aromatic carbocycles. The first-order valence-electron chi connectivity index (χ1n) is 9.48. The van der Waals surface area contributed by atoms with Crippen molar-refractivity contribution in [3.05, 3.63) is 34.2 Å². The largest absolute Gasteiger partial charge is 0.508 e. The van der Waals surface area contributed by atoms with Gasteiger partial charge in [0.25, 0.3) is 5.91 Å². The Morgan fingerprint density at radius 2 is 1.82 bits per heavy atom. The maximum Gasteiger partial charge on any atom is 0.344 e. The molecule has 0 atom stereocenters. The van der Waals surface area contributed by atoms with Crippen molar-refractivity contribution in [1.29, 1.82) is 0 Å². The van der Waals surface area contributed by atoms with Crippen molar-refractivity contribution in [3.63, 3.8) is 0 Å². The molecule has 0 unspecified atom stereocenters. The van der Waals surface area contributed by atoms with Crippen LogP contribution in [-0.2, 0) is 14.8 Å². The summed E-state index contributed by atoms with van der Waals surface area (Å²) < 4.78 is 11.5. The van der Waals surface area contributed by atoms with E-state index >= 15 is 0 Å². The number of hydrogen-bond donors (Lipinski definition) is 3. The van der Waals surface area contributed by atoms with Crippen molar-refractivity contribution in [2.45, 2.75) is 40.0 Å². The first kappa shape index (κ1) is 23.0. The van der Waals surface area contributed by atoms with Crippen molar-refractivity contribution in [1.82, 2.24) is 4.90 Å². The van der Waals surface area contributed by atoms with E-state index < -0.39 is 23.9 Å². The van der Waals surface area contributed by atoms with Crippen LogP contribution < -0.4 is 0 Å². The van der Waals surface area contributed by atoms with Crippen LogP contribution in [0.5, 0.6) is 5.75 Å². The predicted octanol–water partition coefficient (Wildman–Crippen LogP) is 3.85. The van der Waals surface area contributed by atoms with E-state index in [1.807, 2.05) is 32.9 Å². The summed E-state index contributed by atoms with van der Waals surface area (Å²) in [7, 11) is -5.68. The zero-order valence-corrected chi connectivity index (χ0v) is 19.0. The smallest absolute Gasteiger partial charge is 0.344 e. The number of phenolic OH excluding ortho intramolecular Hbond substituents is 1. The Morgan fingerprint density at radius 3 is 2.32 bits per heavy atom. The molecular weight excluding hydrogens is 397 g/mol. The lowest BCUT2D eigenvalue weighted by Crippen LogP contribution is -2.43. The first-order chi connectivity index (χ1) is 12.8. The Kier molecular flexibility index (Phi) is 6.76. The molecule has 158 valence electrons. The minimum absolute atomic E-state index is 0.220. The Balaban J connectivity index is 2.55. The lowest BCUT2D eigenvalue weighted by Gasteiger charge is -2.47. The number of rotatable bonds is 5. The topological polar surface area (TPSA) is 98.1 Å². The van der Waals surface area contributed by atoms with Gasteiger partial charge in [0.05, 0.1) is 4.91 Å². The number of hydrogen-bond acceptors (Lipinski definition) is 3.